The number of alkyl halides is 3. The zero-order valence-corrected chi connectivity index (χ0v) is 11.7. The van der Waals surface area contributed by atoms with Crippen LogP contribution < -0.4 is 5.32 Å². The predicted octanol–water partition coefficient (Wildman–Crippen LogP) is 1.60. The van der Waals surface area contributed by atoms with E-state index in [1.807, 2.05) is 0 Å². The summed E-state index contributed by atoms with van der Waals surface area (Å²) in [6.07, 6.45) is -2.83. The zero-order chi connectivity index (χ0) is 14.8. The molecule has 1 N–H and O–H groups in total. The molecule has 0 aliphatic carbocycles. The highest BCUT2D eigenvalue weighted by atomic mass is 32.1. The van der Waals surface area contributed by atoms with Crippen LogP contribution in [0.5, 0.6) is 0 Å². The molecule has 1 atom stereocenters. The average molecular weight is 308 g/mol. The molecule has 0 aromatic carbocycles. The Bertz CT molecular complexity index is 476. The third-order valence-electron chi connectivity index (χ3n) is 3.10. The molecule has 0 saturated carbocycles. The maximum absolute atomic E-state index is 12.4. The van der Waals surface area contributed by atoms with E-state index in [0.29, 0.717) is 25.2 Å². The summed E-state index contributed by atoms with van der Waals surface area (Å²) in [5, 5.41) is 2.87. The molecule has 0 bridgehead atoms. The third kappa shape index (κ3) is 4.14. The molecule has 9 heteroatoms. The van der Waals surface area contributed by atoms with Crippen LogP contribution in [0.2, 0.25) is 0 Å². The second-order valence-corrected chi connectivity index (χ2v) is 5.49. The molecule has 2 rings (SSSR count). The van der Waals surface area contributed by atoms with Gasteiger partial charge in [0.15, 0.2) is 0 Å². The van der Waals surface area contributed by atoms with Crippen molar-refractivity contribution < 1.29 is 18.0 Å². The minimum Gasteiger partial charge on any atom is -0.348 e. The summed E-state index contributed by atoms with van der Waals surface area (Å²) < 4.78 is 41.1. The molecule has 0 radical (unpaired) electrons. The van der Waals surface area contributed by atoms with Crippen molar-refractivity contribution in [3.05, 3.63) is 10.8 Å². The van der Waals surface area contributed by atoms with E-state index < -0.39 is 12.7 Å². The van der Waals surface area contributed by atoms with Crippen LogP contribution in [0.3, 0.4) is 0 Å². The van der Waals surface area contributed by atoms with Crippen LogP contribution in [0.25, 0.3) is 0 Å². The van der Waals surface area contributed by atoms with Gasteiger partial charge >= 0.3 is 6.18 Å². The Kier molecular flexibility index (Phi) is 4.59. The van der Waals surface area contributed by atoms with Gasteiger partial charge < -0.3 is 5.32 Å². The quantitative estimate of drug-likeness (QED) is 0.918. The number of rotatable bonds is 4. The zero-order valence-electron chi connectivity index (χ0n) is 10.9. The first kappa shape index (κ1) is 15.2. The molecule has 112 valence electrons. The normalized spacial score (nSPS) is 20.3. The lowest BCUT2D eigenvalue weighted by Gasteiger charge is -2.25. The highest BCUT2D eigenvalue weighted by Crippen LogP contribution is 2.23. The summed E-state index contributed by atoms with van der Waals surface area (Å²) >= 11 is 0.984. The van der Waals surface area contributed by atoms with E-state index in [4.69, 9.17) is 0 Å². The summed E-state index contributed by atoms with van der Waals surface area (Å²) in [5.74, 6) is 0.133. The summed E-state index contributed by atoms with van der Waals surface area (Å²) in [5.41, 5.74) is 0. The molecule has 20 heavy (non-hydrogen) atoms. The number of carbonyl (C=O) groups excluding carboxylic acids is 1. The summed E-state index contributed by atoms with van der Waals surface area (Å²) in [7, 11) is 0. The van der Waals surface area contributed by atoms with Crippen molar-refractivity contribution in [2.75, 3.05) is 19.6 Å². The van der Waals surface area contributed by atoms with Crippen LogP contribution in [0, 0.1) is 6.92 Å². The standard InChI is InChI=1S/C11H15F3N4OS/c1-7-16-10(20-17-7)9(19)15-5-8-3-2-4-18(8)6-11(12,13)14/h8H,2-6H2,1H3,(H,15,19). The summed E-state index contributed by atoms with van der Waals surface area (Å²) in [4.78, 5) is 17.1. The number of nitrogens with one attached hydrogen (secondary N) is 1. The Morgan fingerprint density at radius 3 is 2.90 bits per heavy atom. The number of hydrogen-bond acceptors (Lipinski definition) is 5. The molecule has 1 aliphatic heterocycles. The van der Waals surface area contributed by atoms with Gasteiger partial charge in [0, 0.05) is 12.6 Å². The minimum absolute atomic E-state index is 0.202. The van der Waals surface area contributed by atoms with Crippen molar-refractivity contribution in [3.8, 4) is 0 Å². The Labute approximate surface area is 118 Å². The lowest BCUT2D eigenvalue weighted by Crippen LogP contribution is -2.44. The molecule has 2 heterocycles. The third-order valence-corrected chi connectivity index (χ3v) is 3.91. The Morgan fingerprint density at radius 1 is 1.55 bits per heavy atom. The Balaban J connectivity index is 1.85. The van der Waals surface area contributed by atoms with Gasteiger partial charge in [-0.25, -0.2) is 4.98 Å². The van der Waals surface area contributed by atoms with Gasteiger partial charge in [0.2, 0.25) is 5.01 Å². The molecule has 1 amide bonds. The van der Waals surface area contributed by atoms with Gasteiger partial charge in [-0.3, -0.25) is 9.69 Å². The fourth-order valence-corrected chi connectivity index (χ4v) is 2.83. The fraction of sp³-hybridized carbons (Fsp3) is 0.727. The second-order valence-electron chi connectivity index (χ2n) is 4.74. The lowest BCUT2D eigenvalue weighted by molar-refractivity contribution is -0.147. The van der Waals surface area contributed by atoms with E-state index in [0.717, 1.165) is 11.5 Å². The number of halogens is 3. The first-order valence-electron chi connectivity index (χ1n) is 6.24. The van der Waals surface area contributed by atoms with Gasteiger partial charge in [-0.05, 0) is 37.8 Å². The number of amides is 1. The molecule has 5 nitrogen and oxygen atoms in total. The average Bonchev–Trinajstić information content (AvgIpc) is 2.93. The number of likely N-dealkylation sites (tertiary alicyclic amines) is 1. The van der Waals surface area contributed by atoms with Crippen molar-refractivity contribution in [3.63, 3.8) is 0 Å². The van der Waals surface area contributed by atoms with E-state index in [1.54, 1.807) is 6.92 Å². The molecule has 1 fully saturated rings. The largest absolute Gasteiger partial charge is 0.401 e. The SMILES string of the molecule is Cc1nsc(C(=O)NCC2CCCN2CC(F)(F)F)n1. The molecular formula is C11H15F3N4OS. The number of hydrogen-bond donors (Lipinski definition) is 1. The summed E-state index contributed by atoms with van der Waals surface area (Å²) in [6, 6.07) is -0.269. The fourth-order valence-electron chi connectivity index (χ4n) is 2.24. The van der Waals surface area contributed by atoms with E-state index in [9.17, 15) is 18.0 Å². The van der Waals surface area contributed by atoms with Crippen molar-refractivity contribution >= 4 is 17.4 Å². The smallest absolute Gasteiger partial charge is 0.348 e. The van der Waals surface area contributed by atoms with E-state index in [-0.39, 0.29) is 23.5 Å². The summed E-state index contributed by atoms with van der Waals surface area (Å²) in [6.45, 7) is 1.37. The highest BCUT2D eigenvalue weighted by Gasteiger charge is 2.36. The van der Waals surface area contributed by atoms with Gasteiger partial charge in [0.1, 0.15) is 5.82 Å². The van der Waals surface area contributed by atoms with Gasteiger partial charge in [0.25, 0.3) is 5.91 Å². The minimum atomic E-state index is -4.21. The lowest BCUT2D eigenvalue weighted by atomic mass is 10.2. The maximum atomic E-state index is 12.4. The van der Waals surface area contributed by atoms with Gasteiger partial charge in [-0.2, -0.15) is 17.5 Å². The molecule has 1 unspecified atom stereocenters. The van der Waals surface area contributed by atoms with Crippen LogP contribution in [0.15, 0.2) is 0 Å². The second kappa shape index (κ2) is 6.04. The molecule has 1 saturated heterocycles. The van der Waals surface area contributed by atoms with Crippen molar-refractivity contribution in [2.24, 2.45) is 0 Å². The Hall–Kier alpha value is -1.22. The number of carbonyl (C=O) groups is 1. The van der Waals surface area contributed by atoms with Crippen molar-refractivity contribution in [1.82, 2.24) is 19.6 Å². The number of aromatic nitrogens is 2. The van der Waals surface area contributed by atoms with E-state index in [2.05, 4.69) is 14.7 Å². The van der Waals surface area contributed by atoms with E-state index >= 15 is 0 Å². The molecule has 1 aromatic heterocycles. The van der Waals surface area contributed by atoms with Crippen LogP contribution in [0.1, 0.15) is 28.5 Å². The highest BCUT2D eigenvalue weighted by molar-refractivity contribution is 7.07. The van der Waals surface area contributed by atoms with Crippen molar-refractivity contribution in [1.29, 1.82) is 0 Å². The molecule has 1 aromatic rings. The predicted molar refractivity (Wildman–Crippen MR) is 67.6 cm³/mol. The number of nitrogens with zero attached hydrogens (tertiary/aromatic N) is 3. The molecule has 0 spiro atoms. The van der Waals surface area contributed by atoms with Crippen LogP contribution >= 0.6 is 11.5 Å². The molecular weight excluding hydrogens is 293 g/mol. The molecule has 1 aliphatic rings. The van der Waals surface area contributed by atoms with Gasteiger partial charge in [-0.1, -0.05) is 0 Å². The number of aryl methyl sites for hydroxylation is 1. The van der Waals surface area contributed by atoms with E-state index in [1.165, 1.54) is 4.90 Å². The monoisotopic (exact) mass is 308 g/mol. The first-order valence-corrected chi connectivity index (χ1v) is 7.02. The van der Waals surface area contributed by atoms with Gasteiger partial charge in [-0.15, -0.1) is 0 Å². The maximum Gasteiger partial charge on any atom is 0.401 e. The van der Waals surface area contributed by atoms with Crippen LogP contribution in [0.4, 0.5) is 13.2 Å². The first-order chi connectivity index (χ1) is 9.35. The van der Waals surface area contributed by atoms with Crippen LogP contribution in [-0.4, -0.2) is 52.0 Å². The Morgan fingerprint density at radius 2 is 2.30 bits per heavy atom. The topological polar surface area (TPSA) is 58.1 Å². The van der Waals surface area contributed by atoms with Gasteiger partial charge in [0.05, 0.1) is 6.54 Å². The van der Waals surface area contributed by atoms with Crippen LogP contribution in [-0.2, 0) is 0 Å². The van der Waals surface area contributed by atoms with Crippen molar-refractivity contribution in [2.45, 2.75) is 32.0 Å².